The van der Waals surface area contributed by atoms with Gasteiger partial charge in [-0.25, -0.2) is 14.8 Å². The Kier molecular flexibility index (Phi) is 10.6. The third kappa shape index (κ3) is 7.89. The molecule has 0 atom stereocenters. The molecule has 0 spiro atoms. The van der Waals surface area contributed by atoms with Crippen LogP contribution in [0.25, 0.3) is 77.9 Å². The van der Waals surface area contributed by atoms with Crippen LogP contribution in [0.4, 0.5) is 4.79 Å². The topological polar surface area (TPSA) is 97.0 Å². The van der Waals surface area contributed by atoms with Gasteiger partial charge in [-0.1, -0.05) is 175 Å². The molecule has 4 heterocycles. The normalized spacial score (nSPS) is 11.8. The minimum absolute atomic E-state index is 0.131. The smallest absolute Gasteiger partial charge is 0.375 e. The summed E-state index contributed by atoms with van der Waals surface area (Å²) in [6.45, 7) is 13.2. The second-order valence-corrected chi connectivity index (χ2v) is 18.4. The number of aromatic nitrogens is 6. The molecule has 0 N–H and O–H groups in total. The van der Waals surface area contributed by atoms with Crippen LogP contribution >= 0.6 is 0 Å². The van der Waals surface area contributed by atoms with E-state index in [-0.39, 0.29) is 22.6 Å². The minimum atomic E-state index is -0.983. The maximum Gasteiger partial charge on any atom is 0.522 e. The molecule has 9 heteroatoms. The summed E-state index contributed by atoms with van der Waals surface area (Å²) in [5.41, 5.74) is 9.07. The van der Waals surface area contributed by atoms with Crippen molar-refractivity contribution in [2.75, 3.05) is 0 Å². The first-order chi connectivity index (χ1) is 31.9. The lowest BCUT2D eigenvalue weighted by atomic mass is 9.77. The molecular weight excluding hydrogens is 817 g/mol. The van der Waals surface area contributed by atoms with Gasteiger partial charge in [0.1, 0.15) is 0 Å². The highest BCUT2D eigenvalue weighted by Gasteiger charge is 2.29. The van der Waals surface area contributed by atoms with Gasteiger partial charge in [0.25, 0.3) is 0 Å². The summed E-state index contributed by atoms with van der Waals surface area (Å²) in [4.78, 5) is 23.4. The number of carbonyl (C=O) groups is 1. The molecule has 0 saturated carbocycles. The summed E-state index contributed by atoms with van der Waals surface area (Å²) in [6, 6.07) is 56.8. The van der Waals surface area contributed by atoms with E-state index < -0.39 is 6.16 Å². The van der Waals surface area contributed by atoms with Crippen molar-refractivity contribution in [2.45, 2.75) is 52.4 Å². The Morgan fingerprint density at radius 3 is 1.20 bits per heavy atom. The Morgan fingerprint density at radius 2 is 0.788 bits per heavy atom. The second-order valence-electron chi connectivity index (χ2n) is 18.4. The Morgan fingerprint density at radius 1 is 0.424 bits per heavy atom. The Hall–Kier alpha value is -8.17. The van der Waals surface area contributed by atoms with Gasteiger partial charge in [0.2, 0.25) is 11.8 Å². The highest BCUT2D eigenvalue weighted by Crippen LogP contribution is 2.45. The summed E-state index contributed by atoms with van der Waals surface area (Å²) in [6.07, 6.45) is 2.37. The van der Waals surface area contributed by atoms with Crippen molar-refractivity contribution in [1.82, 2.24) is 29.5 Å². The number of hydrogen-bond acceptors (Lipinski definition) is 7. The molecule has 0 amide bonds. The number of hydrogen-bond donors (Lipinski definition) is 0. The molecule has 0 aliphatic rings. The predicted octanol–water partition coefficient (Wildman–Crippen LogP) is 14.0. The number of ether oxygens (including phenoxy) is 2. The zero-order valence-corrected chi connectivity index (χ0v) is 37.7. The predicted molar refractivity (Wildman–Crippen MR) is 264 cm³/mol. The fraction of sp³-hybridized carbons (Fsp3) is 0.140. The van der Waals surface area contributed by atoms with Gasteiger partial charge in [0.15, 0.2) is 11.6 Å². The zero-order chi connectivity index (χ0) is 45.6. The van der Waals surface area contributed by atoms with E-state index in [9.17, 15) is 4.79 Å². The van der Waals surface area contributed by atoms with Gasteiger partial charge >= 0.3 is 6.16 Å². The largest absolute Gasteiger partial charge is 0.522 e. The number of rotatable bonds is 8. The monoisotopic (exact) mass is 864 g/mol. The molecule has 0 aliphatic carbocycles. The van der Waals surface area contributed by atoms with E-state index in [1.54, 1.807) is 24.5 Å². The van der Waals surface area contributed by atoms with Gasteiger partial charge in [0, 0.05) is 35.7 Å². The van der Waals surface area contributed by atoms with Crippen LogP contribution in [0, 0.1) is 0 Å². The number of pyridine rings is 2. The molecule has 0 fully saturated rings. The van der Waals surface area contributed by atoms with Crippen molar-refractivity contribution in [3.8, 4) is 68.2 Å². The third-order valence-electron chi connectivity index (χ3n) is 11.8. The van der Waals surface area contributed by atoms with Crippen LogP contribution in [0.3, 0.4) is 0 Å². The molecule has 0 bridgehead atoms. The molecule has 0 aliphatic heterocycles. The quantitative estimate of drug-likeness (QED) is 0.140. The number of fused-ring (bicyclic) bond motifs is 2. The van der Waals surface area contributed by atoms with Gasteiger partial charge in [-0.3, -0.25) is 0 Å². The Bertz CT molecular complexity index is 3180. The summed E-state index contributed by atoms with van der Waals surface area (Å²) < 4.78 is 15.3. The molecule has 0 radical (unpaired) electrons. The van der Waals surface area contributed by atoms with Gasteiger partial charge in [-0.05, 0) is 90.0 Å². The molecule has 0 saturated heterocycles. The average Bonchev–Trinajstić information content (AvgIpc) is 3.95. The summed E-state index contributed by atoms with van der Waals surface area (Å²) in [5.74, 6) is 1.20. The van der Waals surface area contributed by atoms with Crippen LogP contribution in [0.2, 0.25) is 0 Å². The molecule has 324 valence electrons. The van der Waals surface area contributed by atoms with Crippen LogP contribution in [0.1, 0.15) is 52.7 Å². The van der Waals surface area contributed by atoms with Crippen molar-refractivity contribution < 1.29 is 14.3 Å². The van der Waals surface area contributed by atoms with Crippen LogP contribution in [0.15, 0.2) is 182 Å². The van der Waals surface area contributed by atoms with E-state index in [1.165, 1.54) is 9.36 Å². The fourth-order valence-corrected chi connectivity index (χ4v) is 9.13. The minimum Gasteiger partial charge on any atom is -0.375 e. The highest BCUT2D eigenvalue weighted by molar-refractivity contribution is 6.00. The lowest BCUT2D eigenvalue weighted by molar-refractivity contribution is 0.145. The third-order valence-corrected chi connectivity index (χ3v) is 11.8. The van der Waals surface area contributed by atoms with E-state index in [2.05, 4.69) is 173 Å². The van der Waals surface area contributed by atoms with Crippen molar-refractivity contribution in [1.29, 1.82) is 0 Å². The van der Waals surface area contributed by atoms with Gasteiger partial charge in [-0.15, -0.1) is 0 Å². The number of nitrogens with zero attached hydrogens (tertiary/aromatic N) is 6. The molecule has 0 unspecified atom stereocenters. The van der Waals surface area contributed by atoms with Crippen molar-refractivity contribution in [3.63, 3.8) is 0 Å². The van der Waals surface area contributed by atoms with E-state index in [0.29, 0.717) is 23.0 Å². The van der Waals surface area contributed by atoms with Crippen LogP contribution < -0.4 is 9.47 Å². The zero-order valence-electron chi connectivity index (χ0n) is 37.7. The van der Waals surface area contributed by atoms with Crippen LogP contribution in [-0.4, -0.2) is 35.7 Å². The summed E-state index contributed by atoms with van der Waals surface area (Å²) in [5, 5.41) is 14.8. The van der Waals surface area contributed by atoms with Crippen molar-refractivity contribution in [2.24, 2.45) is 0 Å². The Balaban J connectivity index is 1.06. The molecule has 4 aromatic heterocycles. The SMILES string of the molecule is CC(C)(C)c1c(-c2cc(OC(=O)Oc3cc(-c4cccc(-c5cccc6ccccc56)c4C(C)(C)C)nn3-c3ccccn3)n(-c3ccccn3)n2)cccc1-c1cccc2ccccc12. The fourth-order valence-electron chi connectivity index (χ4n) is 9.13. The van der Waals surface area contributed by atoms with Crippen LogP contribution in [0.5, 0.6) is 11.8 Å². The first kappa shape index (κ1) is 41.8. The lowest BCUT2D eigenvalue weighted by Gasteiger charge is -2.26. The van der Waals surface area contributed by atoms with Gasteiger partial charge < -0.3 is 9.47 Å². The number of benzene rings is 6. The van der Waals surface area contributed by atoms with Gasteiger partial charge in [-0.2, -0.15) is 19.6 Å². The van der Waals surface area contributed by atoms with E-state index in [1.807, 2.05) is 36.4 Å². The molecule has 10 aromatic rings. The highest BCUT2D eigenvalue weighted by atomic mass is 16.7. The first-order valence-corrected chi connectivity index (χ1v) is 22.1. The van der Waals surface area contributed by atoms with E-state index in [0.717, 1.165) is 66.1 Å². The summed E-state index contributed by atoms with van der Waals surface area (Å²) >= 11 is 0. The van der Waals surface area contributed by atoms with Gasteiger partial charge in [0.05, 0.1) is 11.4 Å². The van der Waals surface area contributed by atoms with E-state index in [4.69, 9.17) is 19.7 Å². The van der Waals surface area contributed by atoms with Crippen molar-refractivity contribution >= 4 is 27.7 Å². The summed E-state index contributed by atoms with van der Waals surface area (Å²) in [7, 11) is 0. The maximum absolute atomic E-state index is 14.3. The average molecular weight is 865 g/mol. The van der Waals surface area contributed by atoms with Crippen molar-refractivity contribution in [3.05, 3.63) is 193 Å². The maximum atomic E-state index is 14.3. The van der Waals surface area contributed by atoms with Crippen LogP contribution in [-0.2, 0) is 10.8 Å². The molecular formula is C57H48N6O3. The molecule has 9 nitrogen and oxygen atoms in total. The first-order valence-electron chi connectivity index (χ1n) is 22.1. The van der Waals surface area contributed by atoms with E-state index >= 15 is 0 Å². The second kappa shape index (κ2) is 16.8. The molecule has 66 heavy (non-hydrogen) atoms. The molecule has 10 rings (SSSR count). The molecule has 6 aromatic carbocycles. The standard InChI is InChI=1S/C57H48N6O3/c1-56(2,3)53-43(41-25-15-21-37-19-7-9-23-39(37)41)27-17-29-45(53)47-35-51(62(60-47)49-31-11-13-33-58-49)65-55(64)66-52-36-48(61-63(52)50-32-12-14-34-59-50)46-30-18-28-44(54(46)57(4,5)6)42-26-16-22-38-20-8-10-24-40(38)42/h7-36H,1-6H3. The Labute approximate surface area is 384 Å². The lowest BCUT2D eigenvalue weighted by Crippen LogP contribution is -2.18. The number of carbonyl (C=O) groups excluding carboxylic acids is 1.